The second-order valence-electron chi connectivity index (χ2n) is 7.61. The number of aromatic nitrogens is 1. The van der Waals surface area contributed by atoms with Crippen LogP contribution in [0.25, 0.3) is 11.3 Å². The monoisotopic (exact) mass is 471 g/mol. The zero-order chi connectivity index (χ0) is 23.4. The van der Waals surface area contributed by atoms with Crippen LogP contribution in [0.1, 0.15) is 16.1 Å². The molecule has 1 amide bonds. The summed E-state index contributed by atoms with van der Waals surface area (Å²) in [6, 6.07) is 15.8. The van der Waals surface area contributed by atoms with Gasteiger partial charge in [0.1, 0.15) is 10.6 Å². The average Bonchev–Trinajstić information content (AvgIpc) is 3.34. The third kappa shape index (κ3) is 4.92. The average molecular weight is 472 g/mol. The number of hydrogen-bond donors (Lipinski definition) is 0. The molecule has 2 aromatic carbocycles. The second-order valence-corrected chi connectivity index (χ2v) is 9.51. The van der Waals surface area contributed by atoms with E-state index in [-0.39, 0.29) is 41.1 Å². The number of ether oxygens (including phenoxy) is 2. The number of hydrogen-bond acceptors (Lipinski definition) is 7. The lowest BCUT2D eigenvalue weighted by atomic mass is 10.1. The zero-order valence-corrected chi connectivity index (χ0v) is 19.2. The van der Waals surface area contributed by atoms with Gasteiger partial charge in [0.25, 0.3) is 5.91 Å². The van der Waals surface area contributed by atoms with Crippen LogP contribution in [-0.4, -0.2) is 69.1 Å². The van der Waals surface area contributed by atoms with Crippen molar-refractivity contribution in [3.8, 4) is 17.1 Å². The molecule has 0 unspecified atom stereocenters. The molecule has 10 heteroatoms. The topological polar surface area (TPSA) is 102 Å². The molecule has 2 heterocycles. The van der Waals surface area contributed by atoms with Gasteiger partial charge in [-0.05, 0) is 23.8 Å². The summed E-state index contributed by atoms with van der Waals surface area (Å²) in [5.74, 6) is 0.208. The molecule has 174 valence electrons. The van der Waals surface area contributed by atoms with Crippen LogP contribution in [0.3, 0.4) is 0 Å². The Bertz CT molecular complexity index is 1220. The number of carbonyl (C=O) groups is 1. The van der Waals surface area contributed by atoms with Crippen LogP contribution in [0.5, 0.6) is 5.75 Å². The Morgan fingerprint density at radius 3 is 2.55 bits per heavy atom. The molecule has 33 heavy (non-hydrogen) atoms. The van der Waals surface area contributed by atoms with Gasteiger partial charge in [-0.25, -0.2) is 8.42 Å². The molecule has 4 rings (SSSR count). The Hall–Kier alpha value is -3.21. The van der Waals surface area contributed by atoms with Crippen molar-refractivity contribution >= 4 is 15.9 Å². The smallest absolute Gasteiger partial charge is 0.276 e. The maximum atomic E-state index is 13.2. The van der Waals surface area contributed by atoms with E-state index in [1.165, 1.54) is 23.5 Å². The number of carbonyl (C=O) groups excluding carboxylic acids is 1. The maximum Gasteiger partial charge on any atom is 0.276 e. The Morgan fingerprint density at radius 2 is 1.85 bits per heavy atom. The molecule has 0 bridgehead atoms. The summed E-state index contributed by atoms with van der Waals surface area (Å²) < 4.78 is 43.7. The number of sulfonamides is 1. The third-order valence-electron chi connectivity index (χ3n) is 5.37. The molecule has 0 spiro atoms. The summed E-state index contributed by atoms with van der Waals surface area (Å²) in [5, 5.41) is 3.91. The zero-order valence-electron chi connectivity index (χ0n) is 18.4. The van der Waals surface area contributed by atoms with Crippen LogP contribution in [0, 0.1) is 0 Å². The van der Waals surface area contributed by atoms with Crippen LogP contribution in [-0.2, 0) is 21.3 Å². The van der Waals surface area contributed by atoms with Gasteiger partial charge in [-0.15, -0.1) is 0 Å². The first kappa shape index (κ1) is 23.0. The van der Waals surface area contributed by atoms with Crippen LogP contribution in [0.4, 0.5) is 0 Å². The summed E-state index contributed by atoms with van der Waals surface area (Å²) in [6.45, 7) is 1.64. The van der Waals surface area contributed by atoms with Crippen molar-refractivity contribution < 1.29 is 27.2 Å². The van der Waals surface area contributed by atoms with Gasteiger partial charge in [0.15, 0.2) is 11.5 Å². The van der Waals surface area contributed by atoms with Crippen LogP contribution >= 0.6 is 0 Å². The van der Waals surface area contributed by atoms with E-state index in [1.807, 2.05) is 30.3 Å². The molecule has 1 aliphatic rings. The number of methoxy groups -OCH3 is 1. The minimum Gasteiger partial charge on any atom is -0.495 e. The molecule has 0 radical (unpaired) electrons. The second kappa shape index (κ2) is 9.74. The third-order valence-corrected chi connectivity index (χ3v) is 7.29. The van der Waals surface area contributed by atoms with Crippen molar-refractivity contribution in [2.24, 2.45) is 0 Å². The van der Waals surface area contributed by atoms with E-state index in [4.69, 9.17) is 14.0 Å². The lowest BCUT2D eigenvalue weighted by Crippen LogP contribution is -2.40. The lowest BCUT2D eigenvalue weighted by Gasteiger charge is -2.26. The van der Waals surface area contributed by atoms with Crippen molar-refractivity contribution in [2.75, 3.05) is 40.5 Å². The van der Waals surface area contributed by atoms with Gasteiger partial charge in [-0.1, -0.05) is 35.5 Å². The van der Waals surface area contributed by atoms with Crippen molar-refractivity contribution in [2.45, 2.75) is 11.4 Å². The largest absolute Gasteiger partial charge is 0.495 e. The number of benzene rings is 2. The SMILES string of the molecule is COc1ccc(-c2cc(C(=O)N(C)Cc3ccccc3)no2)cc1S(=O)(=O)N1CCOCC1. The molecule has 3 aromatic rings. The van der Waals surface area contributed by atoms with E-state index in [0.29, 0.717) is 25.3 Å². The number of nitrogens with zero attached hydrogens (tertiary/aromatic N) is 3. The van der Waals surface area contributed by atoms with Gasteiger partial charge < -0.3 is 18.9 Å². The predicted molar refractivity (Wildman–Crippen MR) is 120 cm³/mol. The Morgan fingerprint density at radius 1 is 1.12 bits per heavy atom. The van der Waals surface area contributed by atoms with Crippen molar-refractivity contribution in [1.82, 2.24) is 14.4 Å². The van der Waals surface area contributed by atoms with Crippen molar-refractivity contribution in [3.63, 3.8) is 0 Å². The summed E-state index contributed by atoms with van der Waals surface area (Å²) in [5.41, 5.74) is 1.60. The van der Waals surface area contributed by atoms with E-state index in [2.05, 4.69) is 5.16 Å². The Labute approximate surface area is 192 Å². The standard InChI is InChI=1S/C23H25N3O6S/c1-25(16-17-6-4-3-5-7-17)23(27)19-15-21(32-24-19)18-8-9-20(30-2)22(14-18)33(28,29)26-10-12-31-13-11-26/h3-9,14-15H,10-13,16H2,1-2H3. The number of morpholine rings is 1. The molecule has 1 aromatic heterocycles. The Balaban J connectivity index is 1.59. The molecule has 0 N–H and O–H groups in total. The van der Waals surface area contributed by atoms with E-state index >= 15 is 0 Å². The van der Waals surface area contributed by atoms with Gasteiger partial charge >= 0.3 is 0 Å². The molecule has 0 saturated carbocycles. The van der Waals surface area contributed by atoms with Crippen LogP contribution in [0.2, 0.25) is 0 Å². The molecular formula is C23H25N3O6S. The Kier molecular flexibility index (Phi) is 6.77. The first-order valence-electron chi connectivity index (χ1n) is 10.4. The molecule has 1 saturated heterocycles. The summed E-state index contributed by atoms with van der Waals surface area (Å²) >= 11 is 0. The minimum atomic E-state index is -3.80. The van der Waals surface area contributed by atoms with Crippen molar-refractivity contribution in [1.29, 1.82) is 0 Å². The van der Waals surface area contributed by atoms with Gasteiger partial charge in [0, 0.05) is 38.3 Å². The summed E-state index contributed by atoms with van der Waals surface area (Å²) in [4.78, 5) is 14.4. The molecule has 0 aliphatic carbocycles. The number of amides is 1. The van der Waals surface area contributed by atoms with E-state index in [1.54, 1.807) is 24.1 Å². The van der Waals surface area contributed by atoms with Gasteiger partial charge in [-0.3, -0.25) is 4.79 Å². The molecule has 1 fully saturated rings. The van der Waals surface area contributed by atoms with Gasteiger partial charge in [0.05, 0.1) is 20.3 Å². The number of rotatable bonds is 7. The van der Waals surface area contributed by atoms with E-state index in [9.17, 15) is 13.2 Å². The first-order valence-corrected chi connectivity index (χ1v) is 11.9. The normalized spacial score (nSPS) is 14.7. The first-order chi connectivity index (χ1) is 15.9. The highest BCUT2D eigenvalue weighted by molar-refractivity contribution is 7.89. The highest BCUT2D eigenvalue weighted by atomic mass is 32.2. The fraction of sp³-hybridized carbons (Fsp3) is 0.304. The molecule has 0 atom stereocenters. The summed E-state index contributed by atoms with van der Waals surface area (Å²) in [7, 11) is -0.699. The quantitative estimate of drug-likeness (QED) is 0.522. The van der Waals surface area contributed by atoms with Gasteiger partial charge in [-0.2, -0.15) is 4.31 Å². The molecule has 9 nitrogen and oxygen atoms in total. The van der Waals surface area contributed by atoms with E-state index < -0.39 is 10.0 Å². The lowest BCUT2D eigenvalue weighted by molar-refractivity contribution is 0.0729. The fourth-order valence-electron chi connectivity index (χ4n) is 3.59. The van der Waals surface area contributed by atoms with E-state index in [0.717, 1.165) is 5.56 Å². The van der Waals surface area contributed by atoms with Crippen molar-refractivity contribution in [3.05, 3.63) is 65.9 Å². The maximum absolute atomic E-state index is 13.2. The highest BCUT2D eigenvalue weighted by Crippen LogP contribution is 2.32. The fourth-order valence-corrected chi connectivity index (χ4v) is 5.18. The molecule has 1 aliphatic heterocycles. The minimum absolute atomic E-state index is 0.0230. The van der Waals surface area contributed by atoms with Gasteiger partial charge in [0.2, 0.25) is 10.0 Å². The van der Waals surface area contributed by atoms with Crippen LogP contribution < -0.4 is 4.74 Å². The molecular weight excluding hydrogens is 446 g/mol. The van der Waals surface area contributed by atoms with Crippen LogP contribution in [0.15, 0.2) is 64.0 Å². The highest BCUT2D eigenvalue weighted by Gasteiger charge is 2.30. The summed E-state index contributed by atoms with van der Waals surface area (Å²) in [6.07, 6.45) is 0. The predicted octanol–water partition coefficient (Wildman–Crippen LogP) is 2.64.